The Kier molecular flexibility index (Phi) is 7.21. The first-order chi connectivity index (χ1) is 15.7. The predicted molar refractivity (Wildman–Crippen MR) is 149 cm³/mol. The number of halogens is 1. The van der Waals surface area contributed by atoms with Crippen LogP contribution < -0.4 is 9.75 Å². The lowest BCUT2D eigenvalue weighted by Gasteiger charge is -2.30. The van der Waals surface area contributed by atoms with E-state index < -0.39 is 8.07 Å². The average Bonchev–Trinajstić information content (AvgIpc) is 2.74. The number of fused-ring (bicyclic) bond motifs is 1. The van der Waals surface area contributed by atoms with Crippen LogP contribution in [-0.2, 0) is 17.9 Å². The Bertz CT molecular complexity index is 1200. The molecular formula is C31H45FNSi+. The van der Waals surface area contributed by atoms with Gasteiger partial charge in [-0.3, -0.25) is 0 Å². The van der Waals surface area contributed by atoms with Gasteiger partial charge >= 0.3 is 0 Å². The molecule has 0 atom stereocenters. The monoisotopic (exact) mass is 478 g/mol. The normalized spacial score (nSPS) is 13.1. The highest BCUT2D eigenvalue weighted by atomic mass is 28.3. The lowest BCUT2D eigenvalue weighted by molar-refractivity contribution is -0.659. The second-order valence-electron chi connectivity index (χ2n) is 12.2. The standard InChI is InChI=1S/C31H45FNSi/c1-12-34(13-2,14-3)23-15-16-24-22(19-23)17-18-33(11)29(24)25-20-26(30(5,6)7)28(32)27(21(25)4)31(8,9)10/h15-20H,12-14H2,1-11H3/q+1. The number of aromatic nitrogens is 1. The topological polar surface area (TPSA) is 3.88 Å². The van der Waals surface area contributed by atoms with Crippen LogP contribution in [-0.4, -0.2) is 8.07 Å². The summed E-state index contributed by atoms with van der Waals surface area (Å²) in [6, 6.07) is 15.4. The van der Waals surface area contributed by atoms with Crippen LogP contribution in [0.5, 0.6) is 0 Å². The van der Waals surface area contributed by atoms with E-state index in [0.717, 1.165) is 22.3 Å². The molecule has 34 heavy (non-hydrogen) atoms. The fraction of sp³-hybridized carbons (Fsp3) is 0.516. The van der Waals surface area contributed by atoms with E-state index in [1.54, 1.807) is 5.19 Å². The minimum atomic E-state index is -1.46. The van der Waals surface area contributed by atoms with E-state index in [1.807, 2.05) is 0 Å². The van der Waals surface area contributed by atoms with Gasteiger partial charge in [-0.05, 0) is 52.0 Å². The number of pyridine rings is 1. The summed E-state index contributed by atoms with van der Waals surface area (Å²) in [5.74, 6) is -0.0453. The van der Waals surface area contributed by atoms with E-state index >= 15 is 4.39 Å². The third-order valence-corrected chi connectivity index (χ3v) is 13.7. The molecule has 0 aliphatic rings. The highest BCUT2D eigenvalue weighted by molar-refractivity contribution is 6.91. The van der Waals surface area contributed by atoms with Crippen molar-refractivity contribution in [3.8, 4) is 11.3 Å². The van der Waals surface area contributed by atoms with Gasteiger partial charge in [0.15, 0.2) is 6.20 Å². The summed E-state index contributed by atoms with van der Waals surface area (Å²) >= 11 is 0. The number of rotatable bonds is 5. The van der Waals surface area contributed by atoms with Crippen LogP contribution in [0.3, 0.4) is 0 Å². The minimum Gasteiger partial charge on any atom is -0.206 e. The van der Waals surface area contributed by atoms with Gasteiger partial charge in [0.25, 0.3) is 0 Å². The number of aryl methyl sites for hydroxylation is 1. The quantitative estimate of drug-likeness (QED) is 0.258. The Balaban J connectivity index is 2.42. The maximum atomic E-state index is 15.9. The number of benzene rings is 2. The van der Waals surface area contributed by atoms with Gasteiger partial charge in [0.05, 0.1) is 19.0 Å². The van der Waals surface area contributed by atoms with Crippen LogP contribution in [0.25, 0.3) is 22.0 Å². The van der Waals surface area contributed by atoms with Gasteiger partial charge in [0.1, 0.15) is 12.9 Å². The maximum absolute atomic E-state index is 15.9. The van der Waals surface area contributed by atoms with Gasteiger partial charge in [-0.25, -0.2) is 8.96 Å². The Hall–Kier alpha value is -2.00. The third-order valence-electron chi connectivity index (χ3n) is 8.12. The molecule has 3 heteroatoms. The summed E-state index contributed by atoms with van der Waals surface area (Å²) in [5.41, 5.74) is 4.42. The minimum absolute atomic E-state index is 0.0453. The molecular weight excluding hydrogens is 433 g/mol. The lowest BCUT2D eigenvalue weighted by Crippen LogP contribution is -2.45. The lowest BCUT2D eigenvalue weighted by atomic mass is 9.75. The van der Waals surface area contributed by atoms with Gasteiger partial charge in [0.2, 0.25) is 5.69 Å². The second-order valence-corrected chi connectivity index (χ2v) is 17.5. The van der Waals surface area contributed by atoms with Crippen LogP contribution in [0.4, 0.5) is 4.39 Å². The van der Waals surface area contributed by atoms with Crippen molar-refractivity contribution in [2.45, 2.75) is 98.2 Å². The molecule has 0 saturated heterocycles. The largest absolute Gasteiger partial charge is 0.220 e. The maximum Gasteiger partial charge on any atom is 0.220 e. The zero-order chi connectivity index (χ0) is 25.6. The molecule has 0 fully saturated rings. The van der Waals surface area contributed by atoms with E-state index in [2.05, 4.69) is 117 Å². The van der Waals surface area contributed by atoms with Crippen molar-refractivity contribution < 1.29 is 8.96 Å². The van der Waals surface area contributed by atoms with Crippen LogP contribution in [0, 0.1) is 12.7 Å². The molecule has 0 N–H and O–H groups in total. The molecule has 184 valence electrons. The average molecular weight is 479 g/mol. The van der Waals surface area contributed by atoms with Crippen molar-refractivity contribution >= 4 is 24.0 Å². The molecule has 0 aliphatic carbocycles. The van der Waals surface area contributed by atoms with Crippen molar-refractivity contribution in [3.05, 3.63) is 59.0 Å². The molecule has 0 bridgehead atoms. The summed E-state index contributed by atoms with van der Waals surface area (Å²) in [5, 5.41) is 4.10. The predicted octanol–water partition coefficient (Wildman–Crippen LogP) is 8.09. The molecule has 3 aromatic rings. The molecule has 1 nitrogen and oxygen atoms in total. The first-order valence-electron chi connectivity index (χ1n) is 13.0. The molecule has 0 unspecified atom stereocenters. The van der Waals surface area contributed by atoms with Crippen LogP contribution in [0.1, 0.15) is 79.0 Å². The van der Waals surface area contributed by atoms with Gasteiger partial charge in [0, 0.05) is 6.07 Å². The van der Waals surface area contributed by atoms with E-state index in [0.29, 0.717) is 0 Å². The zero-order valence-corrected chi connectivity index (χ0v) is 24.4. The first kappa shape index (κ1) is 26.6. The van der Waals surface area contributed by atoms with E-state index in [-0.39, 0.29) is 16.6 Å². The molecule has 0 amide bonds. The van der Waals surface area contributed by atoms with Crippen LogP contribution in [0.2, 0.25) is 18.1 Å². The van der Waals surface area contributed by atoms with E-state index in [9.17, 15) is 0 Å². The van der Waals surface area contributed by atoms with Crippen molar-refractivity contribution in [2.24, 2.45) is 7.05 Å². The van der Waals surface area contributed by atoms with Gasteiger partial charge in [-0.1, -0.05) is 97.8 Å². The smallest absolute Gasteiger partial charge is 0.206 e. The molecule has 1 aromatic heterocycles. The second kappa shape index (κ2) is 9.22. The Morgan fingerprint density at radius 3 is 1.94 bits per heavy atom. The first-order valence-corrected chi connectivity index (χ1v) is 15.6. The van der Waals surface area contributed by atoms with Crippen LogP contribution >= 0.6 is 0 Å². The molecule has 2 aromatic carbocycles. The Morgan fingerprint density at radius 1 is 0.853 bits per heavy atom. The fourth-order valence-corrected chi connectivity index (χ4v) is 9.46. The number of nitrogens with zero attached hydrogens (tertiary/aromatic N) is 1. The van der Waals surface area contributed by atoms with Crippen molar-refractivity contribution in [1.82, 2.24) is 0 Å². The molecule has 1 heterocycles. The summed E-state index contributed by atoms with van der Waals surface area (Å²) in [6.07, 6.45) is 2.17. The van der Waals surface area contributed by atoms with E-state index in [4.69, 9.17) is 0 Å². The molecule has 0 spiro atoms. The highest BCUT2D eigenvalue weighted by Crippen LogP contribution is 2.40. The van der Waals surface area contributed by atoms with Gasteiger partial charge in [-0.15, -0.1) is 0 Å². The highest BCUT2D eigenvalue weighted by Gasteiger charge is 2.33. The SMILES string of the molecule is CC[Si](CC)(CC)c1ccc2c(-c3cc(C(C)(C)C)c(F)c(C(C)(C)C)c3C)[n+](C)ccc2c1. The molecule has 0 saturated carbocycles. The molecule has 0 aliphatic heterocycles. The van der Waals surface area contributed by atoms with Gasteiger partial charge < -0.3 is 0 Å². The summed E-state index contributed by atoms with van der Waals surface area (Å²) in [6.45, 7) is 21.9. The Morgan fingerprint density at radius 2 is 1.44 bits per heavy atom. The summed E-state index contributed by atoms with van der Waals surface area (Å²) in [4.78, 5) is 0. The molecule has 3 rings (SSSR count). The van der Waals surface area contributed by atoms with E-state index in [1.165, 1.54) is 34.6 Å². The van der Waals surface area contributed by atoms with Crippen molar-refractivity contribution in [1.29, 1.82) is 0 Å². The summed E-state index contributed by atoms with van der Waals surface area (Å²) in [7, 11) is 0.650. The third kappa shape index (κ3) is 4.48. The fourth-order valence-electron chi connectivity index (χ4n) is 5.83. The van der Waals surface area contributed by atoms with Crippen molar-refractivity contribution in [3.63, 3.8) is 0 Å². The zero-order valence-electron chi connectivity index (χ0n) is 23.4. The van der Waals surface area contributed by atoms with Gasteiger partial charge in [-0.2, -0.15) is 0 Å². The Labute approximate surface area is 208 Å². The molecule has 0 radical (unpaired) electrons. The van der Waals surface area contributed by atoms with Crippen LogP contribution in [0.15, 0.2) is 36.5 Å². The summed E-state index contributed by atoms with van der Waals surface area (Å²) < 4.78 is 18.1. The number of hydrogen-bond acceptors (Lipinski definition) is 0. The van der Waals surface area contributed by atoms with Crippen molar-refractivity contribution in [2.75, 3.05) is 0 Å². The number of hydrogen-bond donors (Lipinski definition) is 0.